The van der Waals surface area contributed by atoms with E-state index in [1.165, 1.54) is 17.8 Å². The number of hydrogen-bond acceptors (Lipinski definition) is 4. The Morgan fingerprint density at radius 2 is 1.80 bits per heavy atom. The number of benzene rings is 1. The molecule has 1 aromatic carbocycles. The molecule has 0 unspecified atom stereocenters. The van der Waals surface area contributed by atoms with Gasteiger partial charge in [-0.2, -0.15) is 0 Å². The summed E-state index contributed by atoms with van der Waals surface area (Å²) in [6, 6.07) is 12.1. The highest BCUT2D eigenvalue weighted by atomic mass is 32.2. The normalized spacial score (nSPS) is 17.1. The van der Waals surface area contributed by atoms with Crippen LogP contribution in [0.5, 0.6) is 0 Å². The number of thiophene rings is 1. The topological polar surface area (TPSA) is 63.2 Å². The van der Waals surface area contributed by atoms with E-state index >= 15 is 0 Å². The molecule has 1 aliphatic rings. The summed E-state index contributed by atoms with van der Waals surface area (Å²) in [5.74, 6) is 0.0154. The van der Waals surface area contributed by atoms with Crippen LogP contribution in [0, 0.1) is 5.92 Å². The first-order valence-corrected chi connectivity index (χ1v) is 11.1. The number of sulfone groups is 1. The predicted molar refractivity (Wildman–Crippen MR) is 100 cm³/mol. The first-order valence-electron chi connectivity index (χ1n) is 8.69. The van der Waals surface area contributed by atoms with Crippen LogP contribution in [0.3, 0.4) is 0 Å². The van der Waals surface area contributed by atoms with Gasteiger partial charge in [0, 0.05) is 17.3 Å². The monoisotopic (exact) mass is 377 g/mol. The fourth-order valence-electron chi connectivity index (χ4n) is 3.31. The van der Waals surface area contributed by atoms with Crippen molar-refractivity contribution in [2.75, 3.05) is 6.54 Å². The van der Waals surface area contributed by atoms with Crippen LogP contribution in [0.25, 0.3) is 0 Å². The van der Waals surface area contributed by atoms with E-state index in [4.69, 9.17) is 0 Å². The van der Waals surface area contributed by atoms with Crippen molar-refractivity contribution in [2.24, 2.45) is 5.92 Å². The van der Waals surface area contributed by atoms with E-state index < -0.39 is 15.1 Å². The minimum absolute atomic E-state index is 0.00971. The van der Waals surface area contributed by atoms with Gasteiger partial charge in [-0.15, -0.1) is 11.3 Å². The van der Waals surface area contributed by atoms with Gasteiger partial charge < -0.3 is 5.32 Å². The summed E-state index contributed by atoms with van der Waals surface area (Å²) in [7, 11) is -3.55. The summed E-state index contributed by atoms with van der Waals surface area (Å²) in [5, 5.41) is 4.02. The van der Waals surface area contributed by atoms with Crippen LogP contribution in [0.4, 0.5) is 0 Å². The zero-order valence-electron chi connectivity index (χ0n) is 14.1. The second-order valence-corrected chi connectivity index (χ2v) is 9.55. The van der Waals surface area contributed by atoms with E-state index in [0.29, 0.717) is 4.90 Å². The third kappa shape index (κ3) is 4.30. The van der Waals surface area contributed by atoms with Crippen molar-refractivity contribution in [3.05, 3.63) is 52.7 Å². The second-order valence-electron chi connectivity index (χ2n) is 6.44. The van der Waals surface area contributed by atoms with E-state index in [9.17, 15) is 13.2 Å². The zero-order valence-corrected chi connectivity index (χ0v) is 15.7. The van der Waals surface area contributed by atoms with Crippen molar-refractivity contribution in [2.45, 2.75) is 42.2 Å². The number of carbonyl (C=O) groups is 1. The molecule has 1 heterocycles. The highest BCUT2D eigenvalue weighted by Gasteiger charge is 2.31. The molecule has 1 N–H and O–H groups in total. The highest BCUT2D eigenvalue weighted by molar-refractivity contribution is 7.91. The van der Waals surface area contributed by atoms with Crippen molar-refractivity contribution in [1.29, 1.82) is 0 Å². The van der Waals surface area contributed by atoms with E-state index in [2.05, 4.69) is 5.32 Å². The lowest BCUT2D eigenvalue weighted by molar-refractivity contribution is -0.125. The number of rotatable bonds is 6. The molecule has 25 heavy (non-hydrogen) atoms. The first kappa shape index (κ1) is 18.1. The van der Waals surface area contributed by atoms with Gasteiger partial charge in [0.1, 0.15) is 5.25 Å². The lowest BCUT2D eigenvalue weighted by Gasteiger charge is -2.23. The third-order valence-corrected chi connectivity index (χ3v) is 7.98. The minimum atomic E-state index is -3.55. The van der Waals surface area contributed by atoms with Crippen molar-refractivity contribution < 1.29 is 13.2 Å². The minimum Gasteiger partial charge on any atom is -0.354 e. The van der Waals surface area contributed by atoms with Crippen molar-refractivity contribution >= 4 is 27.1 Å². The Bertz CT molecular complexity index is 779. The summed E-state index contributed by atoms with van der Waals surface area (Å²) >= 11 is 1.41. The van der Waals surface area contributed by atoms with Crippen LogP contribution in [0.2, 0.25) is 0 Å². The Kier molecular flexibility index (Phi) is 5.91. The average molecular weight is 378 g/mol. The lowest BCUT2D eigenvalue weighted by Crippen LogP contribution is -2.36. The molecule has 4 nitrogen and oxygen atoms in total. The van der Waals surface area contributed by atoms with Crippen LogP contribution in [0.15, 0.2) is 52.7 Å². The lowest BCUT2D eigenvalue weighted by atomic mass is 9.89. The van der Waals surface area contributed by atoms with Gasteiger partial charge >= 0.3 is 0 Å². The molecule has 0 saturated heterocycles. The molecule has 0 bridgehead atoms. The molecular formula is C19H23NO3S2. The molecular weight excluding hydrogens is 354 g/mol. The summed E-state index contributed by atoms with van der Waals surface area (Å²) < 4.78 is 26.1. The van der Waals surface area contributed by atoms with Gasteiger partial charge in [0.2, 0.25) is 5.91 Å². The van der Waals surface area contributed by atoms with Crippen LogP contribution in [0.1, 0.15) is 42.2 Å². The number of hydrogen-bond donors (Lipinski definition) is 1. The SMILES string of the molecule is O=C(NC[C@H](c1cccs1)S(=O)(=O)c1ccccc1)C1CCCCC1. The molecule has 1 aromatic heterocycles. The van der Waals surface area contributed by atoms with Gasteiger partial charge in [0.05, 0.1) is 4.90 Å². The molecule has 1 saturated carbocycles. The molecule has 0 spiro atoms. The Labute approximate surface area is 153 Å². The molecule has 2 aromatic rings. The van der Waals surface area contributed by atoms with Crippen LogP contribution >= 0.6 is 11.3 Å². The van der Waals surface area contributed by atoms with Crippen LogP contribution < -0.4 is 5.32 Å². The van der Waals surface area contributed by atoms with Gasteiger partial charge in [0.25, 0.3) is 0 Å². The maximum atomic E-state index is 13.1. The summed E-state index contributed by atoms with van der Waals surface area (Å²) in [6.07, 6.45) is 5.15. The smallest absolute Gasteiger partial charge is 0.223 e. The van der Waals surface area contributed by atoms with E-state index in [1.807, 2.05) is 17.5 Å². The Balaban J connectivity index is 1.78. The molecule has 0 radical (unpaired) electrons. The molecule has 1 aliphatic carbocycles. The summed E-state index contributed by atoms with van der Waals surface area (Å²) in [5.41, 5.74) is 0. The van der Waals surface area contributed by atoms with Gasteiger partial charge in [-0.1, -0.05) is 43.5 Å². The van der Waals surface area contributed by atoms with Crippen molar-refractivity contribution in [3.8, 4) is 0 Å². The van der Waals surface area contributed by atoms with Gasteiger partial charge in [0.15, 0.2) is 9.84 Å². The average Bonchev–Trinajstić information content (AvgIpc) is 3.17. The van der Waals surface area contributed by atoms with Crippen molar-refractivity contribution in [3.63, 3.8) is 0 Å². The quantitative estimate of drug-likeness (QED) is 0.829. The second kappa shape index (κ2) is 8.15. The molecule has 1 amide bonds. The fourth-order valence-corrected chi connectivity index (χ4v) is 6.12. The third-order valence-electron chi connectivity index (χ3n) is 4.74. The molecule has 3 rings (SSSR count). The highest BCUT2D eigenvalue weighted by Crippen LogP contribution is 2.31. The van der Waals surface area contributed by atoms with Gasteiger partial charge in [-0.05, 0) is 36.4 Å². The largest absolute Gasteiger partial charge is 0.354 e. The van der Waals surface area contributed by atoms with Crippen molar-refractivity contribution in [1.82, 2.24) is 5.32 Å². The molecule has 1 atom stereocenters. The summed E-state index contributed by atoms with van der Waals surface area (Å²) in [6.45, 7) is 0.118. The number of carbonyl (C=O) groups excluding carboxylic acids is 1. The van der Waals surface area contributed by atoms with E-state index in [0.717, 1.165) is 30.6 Å². The molecule has 134 valence electrons. The standard InChI is InChI=1S/C19H23NO3S2/c21-19(15-8-3-1-4-9-15)20-14-18(17-12-7-13-24-17)25(22,23)16-10-5-2-6-11-16/h2,5-7,10-13,15,18H,1,3-4,8-9,14H2,(H,20,21)/t18-/m1/s1. The van der Waals surface area contributed by atoms with E-state index in [1.54, 1.807) is 30.3 Å². The van der Waals surface area contributed by atoms with Crippen LogP contribution in [-0.4, -0.2) is 20.9 Å². The summed E-state index contributed by atoms with van der Waals surface area (Å²) in [4.78, 5) is 13.5. The Morgan fingerprint density at radius 3 is 2.44 bits per heavy atom. The fraction of sp³-hybridized carbons (Fsp3) is 0.421. The zero-order chi connectivity index (χ0) is 17.7. The van der Waals surface area contributed by atoms with Crippen LogP contribution in [-0.2, 0) is 14.6 Å². The predicted octanol–water partition coefficient (Wildman–Crippen LogP) is 3.96. The Hall–Kier alpha value is -1.66. The number of nitrogens with one attached hydrogen (secondary N) is 1. The first-order chi connectivity index (χ1) is 12.1. The number of amides is 1. The van der Waals surface area contributed by atoms with Gasteiger partial charge in [-0.3, -0.25) is 4.79 Å². The Morgan fingerprint density at radius 1 is 1.08 bits per heavy atom. The molecule has 0 aliphatic heterocycles. The molecule has 6 heteroatoms. The molecule has 1 fully saturated rings. The maximum Gasteiger partial charge on any atom is 0.223 e. The van der Waals surface area contributed by atoms with Gasteiger partial charge in [-0.25, -0.2) is 8.42 Å². The maximum absolute atomic E-state index is 13.1. The van der Waals surface area contributed by atoms with E-state index in [-0.39, 0.29) is 18.4 Å².